The second-order valence-corrected chi connectivity index (χ2v) is 10.1. The predicted octanol–water partition coefficient (Wildman–Crippen LogP) is 4.52. The van der Waals surface area contributed by atoms with Crippen molar-refractivity contribution in [3.05, 3.63) is 100 Å². The molecule has 3 aromatic carbocycles. The molecule has 166 valence electrons. The summed E-state index contributed by atoms with van der Waals surface area (Å²) < 4.78 is 39.7. The molecule has 5 nitrogen and oxygen atoms in total. The van der Waals surface area contributed by atoms with E-state index in [0.29, 0.717) is 25.9 Å². The Morgan fingerprint density at radius 2 is 1.61 bits per heavy atom. The minimum atomic E-state index is -3.90. The lowest BCUT2D eigenvalue weighted by Gasteiger charge is -2.29. The number of hydrogen-bond acceptors (Lipinski definition) is 4. The van der Waals surface area contributed by atoms with Crippen LogP contribution in [0.5, 0.6) is 0 Å². The number of amides is 1. The number of halogens is 1. The van der Waals surface area contributed by atoms with Crippen molar-refractivity contribution in [3.8, 4) is 0 Å². The third-order valence-corrected chi connectivity index (χ3v) is 7.95. The maximum absolute atomic E-state index is 13.4. The van der Waals surface area contributed by atoms with Gasteiger partial charge in [-0.1, -0.05) is 35.9 Å². The molecular weight excluding hydrogens is 441 g/mol. The van der Waals surface area contributed by atoms with E-state index in [-0.39, 0.29) is 44.0 Å². The zero-order valence-corrected chi connectivity index (χ0v) is 18.4. The maximum atomic E-state index is 13.4. The van der Waals surface area contributed by atoms with E-state index in [1.54, 1.807) is 23.1 Å². The van der Waals surface area contributed by atoms with Crippen LogP contribution in [0.3, 0.4) is 0 Å². The Labute approximate surface area is 191 Å². The van der Waals surface area contributed by atoms with Gasteiger partial charge < -0.3 is 4.90 Å². The molecule has 2 heterocycles. The molecule has 3 aromatic rings. The first kappa shape index (κ1) is 21.3. The van der Waals surface area contributed by atoms with E-state index in [9.17, 15) is 22.4 Å². The van der Waals surface area contributed by atoms with Crippen molar-refractivity contribution in [2.24, 2.45) is 0 Å². The summed E-state index contributed by atoms with van der Waals surface area (Å²) in [5.41, 5.74) is 2.39. The third kappa shape index (κ3) is 3.78. The van der Waals surface area contributed by atoms with Crippen molar-refractivity contribution < 1.29 is 22.4 Å². The average molecular weight is 462 g/mol. The van der Waals surface area contributed by atoms with Crippen molar-refractivity contribution in [3.63, 3.8) is 0 Å². The molecule has 33 heavy (non-hydrogen) atoms. The molecule has 1 amide bonds. The van der Waals surface area contributed by atoms with E-state index in [4.69, 9.17) is 0 Å². The van der Waals surface area contributed by atoms with Crippen LogP contribution in [0.1, 0.15) is 44.7 Å². The predicted molar refractivity (Wildman–Crippen MR) is 121 cm³/mol. The van der Waals surface area contributed by atoms with E-state index in [0.717, 1.165) is 11.1 Å². The Morgan fingerprint density at radius 1 is 0.879 bits per heavy atom. The van der Waals surface area contributed by atoms with Gasteiger partial charge >= 0.3 is 0 Å². The largest absolute Gasteiger partial charge is 0.338 e. The fourth-order valence-corrected chi connectivity index (χ4v) is 6.05. The summed E-state index contributed by atoms with van der Waals surface area (Å²) >= 11 is 0. The van der Waals surface area contributed by atoms with Crippen LogP contribution in [0, 0.1) is 5.82 Å². The number of carbonyl (C=O) groups excluding carboxylic acids is 2. The number of likely N-dealkylation sites (tertiary alicyclic amines) is 1. The number of piperidine rings is 1. The quantitative estimate of drug-likeness (QED) is 0.440. The number of fused-ring (bicyclic) bond motifs is 2. The fourth-order valence-electron chi connectivity index (χ4n) is 4.37. The molecule has 0 aliphatic carbocycles. The Morgan fingerprint density at radius 3 is 2.36 bits per heavy atom. The van der Waals surface area contributed by atoms with Gasteiger partial charge in [0.1, 0.15) is 5.82 Å². The van der Waals surface area contributed by atoms with Crippen molar-refractivity contribution in [1.82, 2.24) is 4.90 Å². The molecule has 0 N–H and O–H groups in total. The van der Waals surface area contributed by atoms with Gasteiger partial charge in [-0.15, -0.1) is 0 Å². The van der Waals surface area contributed by atoms with Crippen molar-refractivity contribution in [2.75, 3.05) is 13.1 Å². The molecule has 0 aromatic heterocycles. The van der Waals surface area contributed by atoms with Crippen LogP contribution in [0.15, 0.2) is 82.1 Å². The van der Waals surface area contributed by atoms with Crippen LogP contribution in [0.4, 0.5) is 4.39 Å². The molecule has 1 saturated heterocycles. The number of benzene rings is 3. The third-order valence-electron chi connectivity index (χ3n) is 6.10. The molecule has 0 radical (unpaired) electrons. The molecular formula is C26H20FNO4S. The first-order chi connectivity index (χ1) is 15.8. The molecule has 0 spiro atoms. The zero-order chi connectivity index (χ0) is 23.2. The van der Waals surface area contributed by atoms with E-state index in [1.165, 1.54) is 42.5 Å². The number of carbonyl (C=O) groups is 2. The lowest BCUT2D eigenvalue weighted by molar-refractivity contribution is 0.0743. The van der Waals surface area contributed by atoms with E-state index >= 15 is 0 Å². The number of rotatable bonds is 2. The molecule has 0 unspecified atom stereocenters. The summed E-state index contributed by atoms with van der Waals surface area (Å²) in [4.78, 5) is 27.4. The Hall–Kier alpha value is -3.58. The minimum absolute atomic E-state index is 0.0304. The molecule has 1 fully saturated rings. The topological polar surface area (TPSA) is 71.5 Å². The number of ketones is 1. The molecule has 2 aliphatic heterocycles. The lowest BCUT2D eigenvalue weighted by atomic mass is 9.99. The van der Waals surface area contributed by atoms with Crippen LogP contribution in [-0.4, -0.2) is 38.1 Å². The second-order valence-electron chi connectivity index (χ2n) is 8.19. The summed E-state index contributed by atoms with van der Waals surface area (Å²) in [6.45, 7) is 0.956. The van der Waals surface area contributed by atoms with Gasteiger partial charge in [-0.2, -0.15) is 0 Å². The van der Waals surface area contributed by atoms with Crippen LogP contribution in [0.25, 0.3) is 6.08 Å². The van der Waals surface area contributed by atoms with Gasteiger partial charge in [-0.05, 0) is 60.9 Å². The number of hydrogen-bond donors (Lipinski definition) is 0. The second kappa shape index (κ2) is 8.08. The highest BCUT2D eigenvalue weighted by Crippen LogP contribution is 2.35. The Bertz CT molecular complexity index is 1430. The summed E-state index contributed by atoms with van der Waals surface area (Å²) in [6, 6.07) is 16.7. The highest BCUT2D eigenvalue weighted by atomic mass is 32.2. The summed E-state index contributed by atoms with van der Waals surface area (Å²) in [6.07, 6.45) is 3.24. The van der Waals surface area contributed by atoms with E-state index in [1.807, 2.05) is 12.1 Å². The highest BCUT2D eigenvalue weighted by Gasteiger charge is 2.35. The SMILES string of the molecule is O=C1c2ccccc2S(=O)(=O)c2cc(C(=O)N3CCC(=Cc4cccc(F)c4)CC3)ccc21. The van der Waals surface area contributed by atoms with Gasteiger partial charge in [-0.3, -0.25) is 9.59 Å². The van der Waals surface area contributed by atoms with Gasteiger partial charge in [0, 0.05) is 29.8 Å². The normalized spacial score (nSPS) is 16.7. The zero-order valence-electron chi connectivity index (χ0n) is 17.6. The first-order valence-electron chi connectivity index (χ1n) is 10.6. The summed E-state index contributed by atoms with van der Waals surface area (Å²) in [5, 5.41) is 0. The van der Waals surface area contributed by atoms with Gasteiger partial charge in [-0.25, -0.2) is 12.8 Å². The van der Waals surface area contributed by atoms with E-state index < -0.39 is 9.84 Å². The maximum Gasteiger partial charge on any atom is 0.253 e. The Kier molecular flexibility index (Phi) is 5.21. The van der Waals surface area contributed by atoms with Crippen LogP contribution >= 0.6 is 0 Å². The van der Waals surface area contributed by atoms with Gasteiger partial charge in [0.25, 0.3) is 5.91 Å². The van der Waals surface area contributed by atoms with Crippen molar-refractivity contribution in [2.45, 2.75) is 22.6 Å². The van der Waals surface area contributed by atoms with Crippen molar-refractivity contribution in [1.29, 1.82) is 0 Å². The lowest BCUT2D eigenvalue weighted by Crippen LogP contribution is -2.36. The molecule has 5 rings (SSSR count). The first-order valence-corrected chi connectivity index (χ1v) is 12.1. The molecule has 0 atom stereocenters. The standard InChI is InChI=1S/C26H20FNO4S/c27-20-5-3-4-18(15-20)14-17-10-12-28(13-11-17)26(30)19-8-9-22-24(16-19)33(31,32)23-7-2-1-6-21(23)25(22)29/h1-9,14-16H,10-13H2. The average Bonchev–Trinajstić information content (AvgIpc) is 2.83. The molecule has 7 heteroatoms. The molecule has 2 aliphatic rings. The summed E-state index contributed by atoms with van der Waals surface area (Å²) in [7, 11) is -3.90. The van der Waals surface area contributed by atoms with Gasteiger partial charge in [0.2, 0.25) is 9.84 Å². The number of nitrogens with zero attached hydrogens (tertiary/aromatic N) is 1. The van der Waals surface area contributed by atoms with Gasteiger partial charge in [0.05, 0.1) is 9.79 Å². The smallest absolute Gasteiger partial charge is 0.253 e. The monoisotopic (exact) mass is 461 g/mol. The molecule has 0 bridgehead atoms. The van der Waals surface area contributed by atoms with E-state index in [2.05, 4.69) is 0 Å². The minimum Gasteiger partial charge on any atom is -0.338 e. The summed E-state index contributed by atoms with van der Waals surface area (Å²) in [5.74, 6) is -0.927. The van der Waals surface area contributed by atoms with Gasteiger partial charge in [0.15, 0.2) is 5.78 Å². The van der Waals surface area contributed by atoms with Crippen molar-refractivity contribution >= 4 is 27.6 Å². The van der Waals surface area contributed by atoms with Crippen LogP contribution in [-0.2, 0) is 9.84 Å². The van der Waals surface area contributed by atoms with Crippen LogP contribution < -0.4 is 0 Å². The fraction of sp³-hybridized carbons (Fsp3) is 0.154. The molecule has 0 saturated carbocycles. The number of sulfone groups is 1. The van der Waals surface area contributed by atoms with Crippen LogP contribution in [0.2, 0.25) is 0 Å². The Balaban J connectivity index is 1.38. The highest BCUT2D eigenvalue weighted by molar-refractivity contribution is 7.91.